The average Bonchev–Trinajstić information content (AvgIpc) is 3.17. The molecule has 1 unspecified atom stereocenters. The van der Waals surface area contributed by atoms with Crippen molar-refractivity contribution < 1.29 is 9.53 Å². The first kappa shape index (κ1) is 22.7. The van der Waals surface area contributed by atoms with Crippen LogP contribution in [0.25, 0.3) is 0 Å². The molecule has 0 aromatic rings. The van der Waals surface area contributed by atoms with E-state index in [1.807, 2.05) is 7.05 Å². The number of hydrogen-bond acceptors (Lipinski definition) is 4. The van der Waals surface area contributed by atoms with Gasteiger partial charge >= 0.3 is 0 Å². The lowest BCUT2D eigenvalue weighted by Gasteiger charge is -2.32. The van der Waals surface area contributed by atoms with Crippen molar-refractivity contribution in [2.45, 2.75) is 57.0 Å². The van der Waals surface area contributed by atoms with E-state index in [2.05, 4.69) is 25.4 Å². The maximum Gasteiger partial charge on any atom is 0.221 e. The first-order valence-corrected chi connectivity index (χ1v) is 10.3. The maximum absolute atomic E-state index is 12.1. The Hall–Kier alpha value is -0.610. The number of amides is 1. The fourth-order valence-electron chi connectivity index (χ4n) is 4.34. The van der Waals surface area contributed by atoms with E-state index >= 15 is 0 Å². The zero-order valence-electron chi connectivity index (χ0n) is 16.6. The van der Waals surface area contributed by atoms with Crippen LogP contribution in [0, 0.1) is 0 Å². The summed E-state index contributed by atoms with van der Waals surface area (Å²) < 4.78 is 5.46. The Kier molecular flexibility index (Phi) is 10.1. The van der Waals surface area contributed by atoms with E-state index in [0.29, 0.717) is 25.0 Å². The number of aliphatic imine (C=N–C) groups is 1. The molecule has 3 fully saturated rings. The molecule has 2 aliphatic heterocycles. The predicted molar refractivity (Wildman–Crippen MR) is 119 cm³/mol. The molecule has 0 bridgehead atoms. The third kappa shape index (κ3) is 7.05. The summed E-state index contributed by atoms with van der Waals surface area (Å²) in [6, 6.07) is 0.982. The Morgan fingerprint density at radius 2 is 1.85 bits per heavy atom. The fourth-order valence-corrected chi connectivity index (χ4v) is 4.34. The zero-order valence-corrected chi connectivity index (χ0v) is 19.0. The number of halogens is 1. The van der Waals surface area contributed by atoms with E-state index in [-0.39, 0.29) is 29.9 Å². The predicted octanol–water partition coefficient (Wildman–Crippen LogP) is 1.43. The van der Waals surface area contributed by atoms with Crippen molar-refractivity contribution >= 4 is 35.8 Å². The number of rotatable bonds is 5. The molecule has 1 atom stereocenters. The lowest BCUT2D eigenvalue weighted by molar-refractivity contribution is -0.121. The molecule has 2 N–H and O–H groups in total. The van der Waals surface area contributed by atoms with Crippen molar-refractivity contribution in [1.29, 1.82) is 0 Å². The van der Waals surface area contributed by atoms with E-state index in [1.165, 1.54) is 25.7 Å². The van der Waals surface area contributed by atoms with Gasteiger partial charge in [0.2, 0.25) is 5.91 Å². The van der Waals surface area contributed by atoms with Gasteiger partial charge in [-0.3, -0.25) is 14.7 Å². The van der Waals surface area contributed by atoms with Gasteiger partial charge in [-0.25, -0.2) is 0 Å². The van der Waals surface area contributed by atoms with Crippen LogP contribution in [0.4, 0.5) is 0 Å². The van der Waals surface area contributed by atoms with Gasteiger partial charge in [0.15, 0.2) is 5.96 Å². The van der Waals surface area contributed by atoms with Gasteiger partial charge in [0.05, 0.1) is 13.2 Å². The second-order valence-corrected chi connectivity index (χ2v) is 7.66. The van der Waals surface area contributed by atoms with E-state index in [1.54, 1.807) is 0 Å². The van der Waals surface area contributed by atoms with Crippen molar-refractivity contribution in [1.82, 2.24) is 20.4 Å². The molecule has 3 rings (SSSR count). The molecule has 1 amide bonds. The number of morpholine rings is 1. The van der Waals surface area contributed by atoms with Gasteiger partial charge in [0.25, 0.3) is 0 Å². The number of likely N-dealkylation sites (tertiary alicyclic amines) is 1. The van der Waals surface area contributed by atoms with Gasteiger partial charge in [0.1, 0.15) is 0 Å². The molecule has 0 aromatic carbocycles. The van der Waals surface area contributed by atoms with Gasteiger partial charge in [-0.05, 0) is 19.3 Å². The summed E-state index contributed by atoms with van der Waals surface area (Å²) >= 11 is 0. The van der Waals surface area contributed by atoms with Gasteiger partial charge in [0, 0.05) is 58.3 Å². The molecule has 7 nitrogen and oxygen atoms in total. The highest BCUT2D eigenvalue weighted by atomic mass is 127. The molecule has 1 saturated carbocycles. The highest BCUT2D eigenvalue weighted by molar-refractivity contribution is 14.0. The summed E-state index contributed by atoms with van der Waals surface area (Å²) in [6.07, 6.45) is 7.75. The van der Waals surface area contributed by atoms with Gasteiger partial charge in [-0.15, -0.1) is 24.0 Å². The molecule has 0 aromatic heterocycles. The molecule has 156 valence electrons. The number of hydrogen-bond donors (Lipinski definition) is 2. The lowest BCUT2D eigenvalue weighted by Crippen LogP contribution is -2.47. The largest absolute Gasteiger partial charge is 0.379 e. The van der Waals surface area contributed by atoms with Gasteiger partial charge in [-0.1, -0.05) is 19.3 Å². The first-order chi connectivity index (χ1) is 12.8. The van der Waals surface area contributed by atoms with Crippen LogP contribution >= 0.6 is 24.0 Å². The molecular formula is C19H36IN5O2. The Morgan fingerprint density at radius 1 is 1.11 bits per heavy atom. The van der Waals surface area contributed by atoms with E-state index in [4.69, 9.17) is 4.74 Å². The number of guanidine groups is 1. The molecule has 2 heterocycles. The fraction of sp³-hybridized carbons (Fsp3) is 0.895. The number of nitrogens with one attached hydrogen (secondary N) is 2. The van der Waals surface area contributed by atoms with E-state index < -0.39 is 0 Å². The average molecular weight is 493 g/mol. The molecule has 1 aliphatic carbocycles. The van der Waals surface area contributed by atoms with Gasteiger partial charge in [-0.2, -0.15) is 0 Å². The van der Waals surface area contributed by atoms with Crippen molar-refractivity contribution in [3.8, 4) is 0 Å². The molecule has 0 radical (unpaired) electrons. The molecule has 27 heavy (non-hydrogen) atoms. The Labute approximate surface area is 180 Å². The van der Waals surface area contributed by atoms with Crippen LogP contribution in [0.1, 0.15) is 44.9 Å². The molecule has 3 aliphatic rings. The second kappa shape index (κ2) is 12.1. The molecule has 0 spiro atoms. The summed E-state index contributed by atoms with van der Waals surface area (Å²) in [5.41, 5.74) is 0. The first-order valence-electron chi connectivity index (χ1n) is 10.3. The topological polar surface area (TPSA) is 69.2 Å². The monoisotopic (exact) mass is 493 g/mol. The Morgan fingerprint density at radius 3 is 2.56 bits per heavy atom. The van der Waals surface area contributed by atoms with Crippen LogP contribution in [-0.4, -0.2) is 86.7 Å². The van der Waals surface area contributed by atoms with Crippen LogP contribution in [0.15, 0.2) is 4.99 Å². The summed E-state index contributed by atoms with van der Waals surface area (Å²) in [4.78, 5) is 21.4. The number of nitrogens with zero attached hydrogens (tertiary/aromatic N) is 3. The zero-order chi connectivity index (χ0) is 18.2. The highest BCUT2D eigenvalue weighted by Crippen LogP contribution is 2.18. The van der Waals surface area contributed by atoms with Crippen molar-refractivity contribution in [2.24, 2.45) is 4.99 Å². The number of carbonyl (C=O) groups is 1. The maximum atomic E-state index is 12.1. The summed E-state index contributed by atoms with van der Waals surface area (Å²) in [5, 5.41) is 6.55. The van der Waals surface area contributed by atoms with Crippen LogP contribution in [0.5, 0.6) is 0 Å². The Bertz CT molecular complexity index is 479. The summed E-state index contributed by atoms with van der Waals surface area (Å²) in [6.45, 7) is 6.44. The number of ether oxygens (including phenoxy) is 1. The second-order valence-electron chi connectivity index (χ2n) is 7.66. The minimum Gasteiger partial charge on any atom is -0.379 e. The van der Waals surface area contributed by atoms with Crippen molar-refractivity contribution in [3.63, 3.8) is 0 Å². The normalized spacial score (nSPS) is 25.1. The van der Waals surface area contributed by atoms with E-state index in [9.17, 15) is 4.79 Å². The Balaban J connectivity index is 0.00000261. The van der Waals surface area contributed by atoms with E-state index in [0.717, 1.165) is 58.2 Å². The molecule has 2 saturated heterocycles. The van der Waals surface area contributed by atoms with Crippen LogP contribution in [0.3, 0.4) is 0 Å². The van der Waals surface area contributed by atoms with Crippen molar-refractivity contribution in [2.75, 3.05) is 53.0 Å². The molecular weight excluding hydrogens is 457 g/mol. The highest BCUT2D eigenvalue weighted by Gasteiger charge is 2.30. The smallest absolute Gasteiger partial charge is 0.221 e. The van der Waals surface area contributed by atoms with Crippen LogP contribution in [0.2, 0.25) is 0 Å². The third-order valence-corrected chi connectivity index (χ3v) is 5.84. The summed E-state index contributed by atoms with van der Waals surface area (Å²) in [7, 11) is 1.83. The minimum absolute atomic E-state index is 0. The van der Waals surface area contributed by atoms with Crippen LogP contribution in [-0.2, 0) is 9.53 Å². The third-order valence-electron chi connectivity index (χ3n) is 5.84. The minimum atomic E-state index is 0. The number of carbonyl (C=O) groups excluding carboxylic acids is 1. The quantitative estimate of drug-likeness (QED) is 0.345. The standard InChI is InChI=1S/C19H35N5O2.HI/c1-20-19(21-9-7-18(25)22-16-5-3-2-4-6-16)24-10-8-17(15-24)23-11-13-26-14-12-23;/h16-17H,2-15H2,1H3,(H,20,21)(H,22,25);1H. The van der Waals surface area contributed by atoms with Crippen molar-refractivity contribution in [3.05, 3.63) is 0 Å². The van der Waals surface area contributed by atoms with Crippen LogP contribution < -0.4 is 10.6 Å². The SMILES string of the molecule is CN=C(NCCC(=O)NC1CCCCC1)N1CCC(N2CCOCC2)C1.I. The summed E-state index contributed by atoms with van der Waals surface area (Å²) in [5.74, 6) is 1.08. The molecule has 8 heteroatoms. The lowest BCUT2D eigenvalue weighted by atomic mass is 9.95. The van der Waals surface area contributed by atoms with Gasteiger partial charge < -0.3 is 20.3 Å².